The molecule has 2 rings (SSSR count). The van der Waals surface area contributed by atoms with E-state index in [1.807, 2.05) is 20.8 Å². The average Bonchev–Trinajstić information content (AvgIpc) is 2.71. The largest absolute Gasteiger partial charge is 0.490 e. The maximum Gasteiger partial charge on any atom is 0.338 e. The van der Waals surface area contributed by atoms with Crippen LogP contribution in [0.2, 0.25) is 0 Å². The van der Waals surface area contributed by atoms with Gasteiger partial charge >= 0.3 is 17.7 Å². The van der Waals surface area contributed by atoms with Crippen molar-refractivity contribution >= 4 is 17.7 Å². The van der Waals surface area contributed by atoms with Crippen molar-refractivity contribution < 1.29 is 28.7 Å². The minimum atomic E-state index is -0.967. The van der Waals surface area contributed by atoms with Gasteiger partial charge in [0.05, 0.1) is 35.9 Å². The zero-order valence-corrected chi connectivity index (χ0v) is 19.3. The van der Waals surface area contributed by atoms with Crippen LogP contribution in [0.4, 0.5) is 10.5 Å². The van der Waals surface area contributed by atoms with Crippen molar-refractivity contribution in [3.05, 3.63) is 39.1 Å². The predicted octanol–water partition coefficient (Wildman–Crippen LogP) is 4.00. The van der Waals surface area contributed by atoms with Crippen LogP contribution in [-0.4, -0.2) is 36.2 Å². The van der Waals surface area contributed by atoms with E-state index in [1.165, 1.54) is 6.07 Å². The molecule has 2 amide bonds. The molecule has 1 aromatic carbocycles. The Balaban J connectivity index is 2.73. The van der Waals surface area contributed by atoms with Gasteiger partial charge in [-0.15, -0.1) is 0 Å². The van der Waals surface area contributed by atoms with Gasteiger partial charge in [0.1, 0.15) is 0 Å². The highest BCUT2D eigenvalue weighted by molar-refractivity contribution is 5.95. The molecule has 1 aromatic rings. The summed E-state index contributed by atoms with van der Waals surface area (Å²) in [5, 5.41) is 17.2. The number of rotatable bonds is 10. The van der Waals surface area contributed by atoms with Crippen LogP contribution >= 0.6 is 0 Å². The zero-order chi connectivity index (χ0) is 24.0. The number of hydrogen-bond acceptors (Lipinski definition) is 7. The SMILES string of the molecule is CCCOc1c(OCC)cc(C2NC(=O)NC(C(C)C)=C2C(=O)OC(C)C)cc1[N+](=O)[O-]. The van der Waals surface area contributed by atoms with Crippen LogP contribution in [0.5, 0.6) is 11.5 Å². The molecule has 0 aromatic heterocycles. The third-order valence-electron chi connectivity index (χ3n) is 4.58. The number of nitro benzene ring substituents is 1. The maximum absolute atomic E-state index is 13.0. The first kappa shape index (κ1) is 25.0. The first-order chi connectivity index (χ1) is 15.1. The van der Waals surface area contributed by atoms with Gasteiger partial charge in [-0.2, -0.15) is 0 Å². The zero-order valence-electron chi connectivity index (χ0n) is 19.3. The van der Waals surface area contributed by atoms with Gasteiger partial charge in [-0.3, -0.25) is 10.1 Å². The van der Waals surface area contributed by atoms with Gasteiger partial charge in [0, 0.05) is 11.8 Å². The number of carbonyl (C=O) groups is 2. The van der Waals surface area contributed by atoms with E-state index in [2.05, 4.69) is 10.6 Å². The quantitative estimate of drug-likeness (QED) is 0.314. The molecule has 1 atom stereocenters. The van der Waals surface area contributed by atoms with E-state index in [0.717, 1.165) is 0 Å². The standard InChI is InChI=1S/C22H31N3O7/c1-7-9-31-20-15(25(28)29)10-14(11-16(20)30-8-2)19-17(21(26)32-13(5)6)18(12(3)4)23-22(27)24-19/h10-13,19H,7-9H2,1-6H3,(H2,23,24,27). The third-order valence-corrected chi connectivity index (χ3v) is 4.58. The monoisotopic (exact) mass is 449 g/mol. The van der Waals surface area contributed by atoms with Gasteiger partial charge < -0.3 is 24.8 Å². The van der Waals surface area contributed by atoms with Gasteiger partial charge in [-0.25, -0.2) is 9.59 Å². The Morgan fingerprint density at radius 1 is 1.19 bits per heavy atom. The van der Waals surface area contributed by atoms with Crippen molar-refractivity contribution in [2.24, 2.45) is 5.92 Å². The number of allylic oxidation sites excluding steroid dienone is 1. The van der Waals surface area contributed by atoms with Gasteiger partial charge in [0.15, 0.2) is 5.75 Å². The second-order valence-corrected chi connectivity index (χ2v) is 7.87. The minimum Gasteiger partial charge on any atom is -0.490 e. The highest BCUT2D eigenvalue weighted by atomic mass is 16.6. The lowest BCUT2D eigenvalue weighted by atomic mass is 9.91. The van der Waals surface area contributed by atoms with Crippen molar-refractivity contribution in [1.82, 2.24) is 10.6 Å². The molecule has 0 aliphatic carbocycles. The van der Waals surface area contributed by atoms with Crippen LogP contribution in [0.3, 0.4) is 0 Å². The van der Waals surface area contributed by atoms with Crippen LogP contribution in [0.25, 0.3) is 0 Å². The number of benzene rings is 1. The van der Waals surface area contributed by atoms with Crippen molar-refractivity contribution in [2.75, 3.05) is 13.2 Å². The second-order valence-electron chi connectivity index (χ2n) is 7.87. The maximum atomic E-state index is 13.0. The number of amides is 2. The molecule has 1 heterocycles. The molecule has 10 nitrogen and oxygen atoms in total. The molecule has 0 saturated heterocycles. The molecular formula is C22H31N3O7. The molecule has 0 saturated carbocycles. The molecule has 10 heteroatoms. The molecule has 1 aliphatic heterocycles. The van der Waals surface area contributed by atoms with E-state index in [1.54, 1.807) is 26.8 Å². The van der Waals surface area contributed by atoms with Crippen LogP contribution in [0.1, 0.15) is 59.6 Å². The van der Waals surface area contributed by atoms with Gasteiger partial charge in [-0.05, 0) is 44.7 Å². The number of ether oxygens (including phenoxy) is 3. The van der Waals surface area contributed by atoms with E-state index in [0.29, 0.717) is 17.7 Å². The fourth-order valence-corrected chi connectivity index (χ4v) is 3.32. The molecule has 176 valence electrons. The summed E-state index contributed by atoms with van der Waals surface area (Å²) in [6.07, 6.45) is 0.264. The highest BCUT2D eigenvalue weighted by Crippen LogP contribution is 2.42. The lowest BCUT2D eigenvalue weighted by Crippen LogP contribution is -2.47. The first-order valence-electron chi connectivity index (χ1n) is 10.7. The van der Waals surface area contributed by atoms with Crippen molar-refractivity contribution in [3.8, 4) is 11.5 Å². The van der Waals surface area contributed by atoms with Gasteiger partial charge in [0.25, 0.3) is 0 Å². The number of nitro groups is 1. The molecule has 0 fully saturated rings. The summed E-state index contributed by atoms with van der Waals surface area (Å²) in [7, 11) is 0. The Morgan fingerprint density at radius 2 is 1.88 bits per heavy atom. The summed E-state index contributed by atoms with van der Waals surface area (Å²) in [5.41, 5.74) is 0.589. The number of carbonyl (C=O) groups excluding carboxylic acids is 2. The fraction of sp³-hybridized carbons (Fsp3) is 0.545. The Bertz CT molecular complexity index is 909. The Hall–Kier alpha value is -3.30. The molecule has 2 N–H and O–H groups in total. The minimum absolute atomic E-state index is 0.0158. The Kier molecular flexibility index (Phi) is 8.45. The highest BCUT2D eigenvalue weighted by Gasteiger charge is 2.37. The summed E-state index contributed by atoms with van der Waals surface area (Å²) >= 11 is 0. The fourth-order valence-electron chi connectivity index (χ4n) is 3.32. The lowest BCUT2D eigenvalue weighted by molar-refractivity contribution is -0.386. The number of nitrogens with zero attached hydrogens (tertiary/aromatic N) is 1. The number of hydrogen-bond donors (Lipinski definition) is 2. The van der Waals surface area contributed by atoms with E-state index in [-0.39, 0.29) is 48.0 Å². The lowest BCUT2D eigenvalue weighted by Gasteiger charge is -2.31. The van der Waals surface area contributed by atoms with Gasteiger partial charge in [0.2, 0.25) is 5.75 Å². The molecule has 0 radical (unpaired) electrons. The molecule has 1 unspecified atom stereocenters. The predicted molar refractivity (Wildman–Crippen MR) is 118 cm³/mol. The number of urea groups is 1. The summed E-state index contributed by atoms with van der Waals surface area (Å²) in [6.45, 7) is 11.2. The number of esters is 1. The van der Waals surface area contributed by atoms with E-state index in [4.69, 9.17) is 14.2 Å². The van der Waals surface area contributed by atoms with Crippen LogP contribution in [-0.2, 0) is 9.53 Å². The Labute approximate surface area is 187 Å². The van der Waals surface area contributed by atoms with Crippen LogP contribution in [0.15, 0.2) is 23.4 Å². The van der Waals surface area contributed by atoms with E-state index >= 15 is 0 Å². The van der Waals surface area contributed by atoms with E-state index < -0.39 is 23.0 Å². The molecule has 0 spiro atoms. The normalized spacial score (nSPS) is 16.0. The summed E-state index contributed by atoms with van der Waals surface area (Å²) in [4.78, 5) is 36.7. The molecule has 1 aliphatic rings. The first-order valence-corrected chi connectivity index (χ1v) is 10.7. The van der Waals surface area contributed by atoms with Gasteiger partial charge in [-0.1, -0.05) is 20.8 Å². The summed E-state index contributed by atoms with van der Waals surface area (Å²) in [6, 6.07) is 1.36. The van der Waals surface area contributed by atoms with Crippen LogP contribution in [0, 0.1) is 16.0 Å². The summed E-state index contributed by atoms with van der Waals surface area (Å²) in [5.74, 6) is -0.637. The molecule has 0 bridgehead atoms. The number of nitrogens with one attached hydrogen (secondary N) is 2. The molecular weight excluding hydrogens is 418 g/mol. The Morgan fingerprint density at radius 3 is 2.41 bits per heavy atom. The second kappa shape index (κ2) is 10.8. The van der Waals surface area contributed by atoms with Crippen molar-refractivity contribution in [2.45, 2.75) is 60.1 Å². The van der Waals surface area contributed by atoms with Crippen molar-refractivity contribution in [3.63, 3.8) is 0 Å². The average molecular weight is 450 g/mol. The topological polar surface area (TPSA) is 129 Å². The summed E-state index contributed by atoms with van der Waals surface area (Å²) < 4.78 is 16.7. The van der Waals surface area contributed by atoms with E-state index in [9.17, 15) is 19.7 Å². The third kappa shape index (κ3) is 5.68. The molecule has 32 heavy (non-hydrogen) atoms. The smallest absolute Gasteiger partial charge is 0.338 e. The van der Waals surface area contributed by atoms with Crippen molar-refractivity contribution in [1.29, 1.82) is 0 Å². The van der Waals surface area contributed by atoms with Crippen LogP contribution < -0.4 is 20.1 Å².